The number of aromatic amines is 1. The lowest BCUT2D eigenvalue weighted by Gasteiger charge is -2.14. The molecule has 1 atom stereocenters. The minimum Gasteiger partial charge on any atom is -0.494 e. The van der Waals surface area contributed by atoms with Crippen LogP contribution in [0.15, 0.2) is 41.9 Å². The second-order valence-corrected chi connectivity index (χ2v) is 7.20. The standard InChI is InChI=1S/C19H23N5O2S/c1-3-5-10-26-14-8-6-13(7-9-14)24-18(25)15(4-2)27-19-16-17(21-11-20-16)22-12-23-19/h6-9,11-12,15H,3-5,10H2,1-2H3,(H,24,25)(H,20,21,22,23). The van der Waals surface area contributed by atoms with Crippen molar-refractivity contribution in [2.75, 3.05) is 11.9 Å². The Kier molecular flexibility index (Phi) is 6.64. The first-order chi connectivity index (χ1) is 13.2. The van der Waals surface area contributed by atoms with E-state index in [1.165, 1.54) is 18.1 Å². The van der Waals surface area contributed by atoms with Gasteiger partial charge in [-0.1, -0.05) is 32.0 Å². The average molecular weight is 385 g/mol. The molecule has 142 valence electrons. The first-order valence-electron chi connectivity index (χ1n) is 9.05. The van der Waals surface area contributed by atoms with Gasteiger partial charge in [0.25, 0.3) is 0 Å². The molecule has 0 aliphatic rings. The number of carbonyl (C=O) groups excluding carboxylic acids is 1. The molecule has 27 heavy (non-hydrogen) atoms. The molecule has 0 saturated heterocycles. The fourth-order valence-electron chi connectivity index (χ4n) is 2.48. The Hall–Kier alpha value is -2.61. The lowest BCUT2D eigenvalue weighted by atomic mass is 10.2. The van der Waals surface area contributed by atoms with Crippen LogP contribution in [0.3, 0.4) is 0 Å². The number of unbranched alkanes of at least 4 members (excludes halogenated alkanes) is 1. The van der Waals surface area contributed by atoms with Crippen molar-refractivity contribution < 1.29 is 9.53 Å². The number of carbonyl (C=O) groups is 1. The molecule has 0 fully saturated rings. The van der Waals surface area contributed by atoms with E-state index in [9.17, 15) is 4.79 Å². The molecule has 0 aliphatic carbocycles. The van der Waals surface area contributed by atoms with E-state index >= 15 is 0 Å². The highest BCUT2D eigenvalue weighted by Gasteiger charge is 2.20. The van der Waals surface area contributed by atoms with Crippen LogP contribution < -0.4 is 10.1 Å². The number of ether oxygens (including phenoxy) is 1. The maximum Gasteiger partial charge on any atom is 0.237 e. The Labute approximate surface area is 162 Å². The van der Waals surface area contributed by atoms with E-state index in [0.717, 1.165) is 34.8 Å². The lowest BCUT2D eigenvalue weighted by molar-refractivity contribution is -0.115. The average Bonchev–Trinajstić information content (AvgIpc) is 3.17. The number of rotatable bonds is 9. The van der Waals surface area contributed by atoms with Gasteiger partial charge in [0.05, 0.1) is 18.2 Å². The number of thioether (sulfide) groups is 1. The zero-order valence-electron chi connectivity index (χ0n) is 15.4. The van der Waals surface area contributed by atoms with Gasteiger partial charge in [0.15, 0.2) is 5.65 Å². The van der Waals surface area contributed by atoms with E-state index in [0.29, 0.717) is 18.7 Å². The van der Waals surface area contributed by atoms with E-state index in [2.05, 4.69) is 32.2 Å². The Morgan fingerprint density at radius 1 is 1.22 bits per heavy atom. The summed E-state index contributed by atoms with van der Waals surface area (Å²) in [4.78, 5) is 28.2. The van der Waals surface area contributed by atoms with Crippen LogP contribution >= 0.6 is 11.8 Å². The second-order valence-electron chi connectivity index (χ2n) is 6.01. The molecule has 2 N–H and O–H groups in total. The number of hydrogen-bond acceptors (Lipinski definition) is 6. The molecular formula is C19H23N5O2S. The number of aromatic nitrogens is 4. The molecule has 1 unspecified atom stereocenters. The molecule has 2 heterocycles. The SMILES string of the molecule is CCCCOc1ccc(NC(=O)C(CC)Sc2ncnc3nc[nH]c23)cc1. The molecule has 0 radical (unpaired) electrons. The molecule has 3 aromatic rings. The number of benzene rings is 1. The van der Waals surface area contributed by atoms with Crippen LogP contribution in [0.4, 0.5) is 5.69 Å². The van der Waals surface area contributed by atoms with Gasteiger partial charge in [0.2, 0.25) is 5.91 Å². The smallest absolute Gasteiger partial charge is 0.237 e. The van der Waals surface area contributed by atoms with E-state index in [-0.39, 0.29) is 11.2 Å². The molecule has 2 aromatic heterocycles. The molecule has 1 aromatic carbocycles. The van der Waals surface area contributed by atoms with Gasteiger partial charge >= 0.3 is 0 Å². The van der Waals surface area contributed by atoms with Gasteiger partial charge in [-0.2, -0.15) is 0 Å². The van der Waals surface area contributed by atoms with Crippen LogP contribution in [0.5, 0.6) is 5.75 Å². The van der Waals surface area contributed by atoms with Crippen LogP contribution in [0.2, 0.25) is 0 Å². The predicted molar refractivity (Wildman–Crippen MR) is 107 cm³/mol. The zero-order valence-corrected chi connectivity index (χ0v) is 16.3. The number of nitrogens with one attached hydrogen (secondary N) is 2. The maximum atomic E-state index is 12.7. The quantitative estimate of drug-likeness (QED) is 0.328. The fraction of sp³-hybridized carbons (Fsp3) is 0.368. The highest BCUT2D eigenvalue weighted by molar-refractivity contribution is 8.00. The van der Waals surface area contributed by atoms with Crippen molar-refractivity contribution in [2.24, 2.45) is 0 Å². The third-order valence-electron chi connectivity index (χ3n) is 3.99. The Bertz CT molecular complexity index is 881. The van der Waals surface area contributed by atoms with Gasteiger partial charge in [-0.25, -0.2) is 15.0 Å². The summed E-state index contributed by atoms with van der Waals surface area (Å²) in [5.74, 6) is 0.749. The topological polar surface area (TPSA) is 92.8 Å². The second kappa shape index (κ2) is 9.36. The van der Waals surface area contributed by atoms with E-state index in [1.807, 2.05) is 31.2 Å². The summed E-state index contributed by atoms with van der Waals surface area (Å²) in [6.07, 6.45) is 5.85. The van der Waals surface area contributed by atoms with Crippen LogP contribution in [-0.2, 0) is 4.79 Å². The molecule has 8 heteroatoms. The normalized spacial score (nSPS) is 12.1. The minimum absolute atomic E-state index is 0.0616. The molecule has 1 amide bonds. The summed E-state index contributed by atoms with van der Waals surface area (Å²) in [5.41, 5.74) is 2.10. The lowest BCUT2D eigenvalue weighted by Crippen LogP contribution is -2.24. The van der Waals surface area contributed by atoms with Gasteiger partial charge in [0.1, 0.15) is 22.6 Å². The van der Waals surface area contributed by atoms with Gasteiger partial charge in [-0.15, -0.1) is 0 Å². The predicted octanol–water partition coefficient (Wildman–Crippen LogP) is 4.04. The van der Waals surface area contributed by atoms with Crippen molar-refractivity contribution in [3.8, 4) is 5.75 Å². The van der Waals surface area contributed by atoms with Crippen molar-refractivity contribution in [3.63, 3.8) is 0 Å². The Balaban J connectivity index is 1.62. The number of amides is 1. The number of anilines is 1. The number of hydrogen-bond donors (Lipinski definition) is 2. The molecule has 0 bridgehead atoms. The Morgan fingerprint density at radius 2 is 2.04 bits per heavy atom. The van der Waals surface area contributed by atoms with E-state index < -0.39 is 0 Å². The van der Waals surface area contributed by atoms with Crippen molar-refractivity contribution in [3.05, 3.63) is 36.9 Å². The molecule has 0 saturated carbocycles. The monoisotopic (exact) mass is 385 g/mol. The van der Waals surface area contributed by atoms with E-state index in [1.54, 1.807) is 6.33 Å². The molecular weight excluding hydrogens is 362 g/mol. The molecule has 7 nitrogen and oxygen atoms in total. The maximum absolute atomic E-state index is 12.7. The summed E-state index contributed by atoms with van der Waals surface area (Å²) in [7, 11) is 0. The summed E-state index contributed by atoms with van der Waals surface area (Å²) in [6.45, 7) is 4.81. The van der Waals surface area contributed by atoms with E-state index in [4.69, 9.17) is 4.74 Å². The number of H-pyrrole nitrogens is 1. The van der Waals surface area contributed by atoms with Crippen LogP contribution in [0, 0.1) is 0 Å². The third kappa shape index (κ3) is 4.97. The fourth-order valence-corrected chi connectivity index (χ4v) is 3.46. The number of fused-ring (bicyclic) bond motifs is 1. The van der Waals surface area contributed by atoms with Crippen LogP contribution in [-0.4, -0.2) is 37.7 Å². The minimum atomic E-state index is -0.271. The van der Waals surface area contributed by atoms with Gasteiger partial charge in [0, 0.05) is 5.69 Å². The largest absolute Gasteiger partial charge is 0.494 e. The van der Waals surface area contributed by atoms with Crippen molar-refractivity contribution in [1.29, 1.82) is 0 Å². The van der Waals surface area contributed by atoms with Crippen LogP contribution in [0.25, 0.3) is 11.2 Å². The van der Waals surface area contributed by atoms with Crippen molar-refractivity contribution in [1.82, 2.24) is 19.9 Å². The summed E-state index contributed by atoms with van der Waals surface area (Å²) >= 11 is 1.41. The summed E-state index contributed by atoms with van der Waals surface area (Å²) < 4.78 is 5.65. The first-order valence-corrected chi connectivity index (χ1v) is 9.93. The van der Waals surface area contributed by atoms with Crippen LogP contribution in [0.1, 0.15) is 33.1 Å². The molecule has 3 rings (SSSR count). The third-order valence-corrected chi connectivity index (χ3v) is 5.36. The Morgan fingerprint density at radius 3 is 2.78 bits per heavy atom. The number of imidazole rings is 1. The highest BCUT2D eigenvalue weighted by Crippen LogP contribution is 2.28. The number of nitrogens with zero attached hydrogens (tertiary/aromatic N) is 3. The van der Waals surface area contributed by atoms with Crippen molar-refractivity contribution in [2.45, 2.75) is 43.4 Å². The summed E-state index contributed by atoms with van der Waals surface area (Å²) in [6, 6.07) is 7.46. The molecule has 0 spiro atoms. The van der Waals surface area contributed by atoms with Crippen molar-refractivity contribution >= 4 is 34.5 Å². The van der Waals surface area contributed by atoms with Gasteiger partial charge in [-0.3, -0.25) is 4.79 Å². The highest BCUT2D eigenvalue weighted by atomic mass is 32.2. The summed E-state index contributed by atoms with van der Waals surface area (Å²) in [5, 5.41) is 3.42. The van der Waals surface area contributed by atoms with Gasteiger partial charge in [-0.05, 0) is 37.1 Å². The first kappa shape index (κ1) is 19.2. The zero-order chi connectivity index (χ0) is 19.1. The molecule has 0 aliphatic heterocycles. The van der Waals surface area contributed by atoms with Gasteiger partial charge < -0.3 is 15.0 Å².